The van der Waals surface area contributed by atoms with Gasteiger partial charge in [-0.2, -0.15) is 5.10 Å². The lowest BCUT2D eigenvalue weighted by Gasteiger charge is -2.01. The lowest BCUT2D eigenvalue weighted by atomic mass is 10.1. The first-order chi connectivity index (χ1) is 11.1. The fourth-order valence-electron chi connectivity index (χ4n) is 2.00. The average molecular weight is 344 g/mol. The molecule has 3 aromatic rings. The number of carbonyl (C=O) groups excluding carboxylic acids is 1. The monoisotopic (exact) mass is 343 g/mol. The van der Waals surface area contributed by atoms with Crippen molar-refractivity contribution < 1.29 is 4.79 Å². The Hall–Kier alpha value is -2.43. The smallest absolute Gasteiger partial charge is 0.185 e. The van der Waals surface area contributed by atoms with Crippen LogP contribution in [0.5, 0.6) is 0 Å². The van der Waals surface area contributed by atoms with Crippen LogP contribution in [0.15, 0.2) is 61.2 Å². The number of rotatable bonds is 4. The summed E-state index contributed by atoms with van der Waals surface area (Å²) in [6.45, 7) is 0. The third kappa shape index (κ3) is 3.67. The standard InChI is InChI=1S/C17H11Cl2N3O/c18-15-7-4-13(9-16(15)19)17(23)8-3-12-1-5-14(6-2-12)22-11-20-10-21-22/h1-11H. The van der Waals surface area contributed by atoms with Crippen LogP contribution in [0.1, 0.15) is 15.9 Å². The molecule has 23 heavy (non-hydrogen) atoms. The number of allylic oxidation sites excluding steroid dienone is 1. The van der Waals surface area contributed by atoms with Crippen molar-refractivity contribution in [1.29, 1.82) is 0 Å². The molecular weight excluding hydrogens is 333 g/mol. The van der Waals surface area contributed by atoms with Gasteiger partial charge >= 0.3 is 0 Å². The fraction of sp³-hybridized carbons (Fsp3) is 0. The summed E-state index contributed by atoms with van der Waals surface area (Å²) in [5.74, 6) is -0.135. The maximum absolute atomic E-state index is 12.1. The van der Waals surface area contributed by atoms with Gasteiger partial charge in [-0.3, -0.25) is 4.79 Å². The SMILES string of the molecule is O=C(C=Cc1ccc(-n2cncn2)cc1)c1ccc(Cl)c(Cl)c1. The average Bonchev–Trinajstić information content (AvgIpc) is 3.10. The Bertz CT molecular complexity index is 856. The Labute approximate surface area is 143 Å². The first-order valence-electron chi connectivity index (χ1n) is 6.76. The zero-order valence-electron chi connectivity index (χ0n) is 11.9. The van der Waals surface area contributed by atoms with Gasteiger partial charge in [-0.25, -0.2) is 9.67 Å². The van der Waals surface area contributed by atoms with Crippen LogP contribution in [0.25, 0.3) is 11.8 Å². The second-order valence-electron chi connectivity index (χ2n) is 4.76. The highest BCUT2D eigenvalue weighted by Crippen LogP contribution is 2.23. The van der Waals surface area contributed by atoms with E-state index in [0.717, 1.165) is 11.3 Å². The summed E-state index contributed by atoms with van der Waals surface area (Å²) in [5, 5.41) is 4.85. The van der Waals surface area contributed by atoms with E-state index in [4.69, 9.17) is 23.2 Å². The van der Waals surface area contributed by atoms with E-state index in [1.54, 1.807) is 35.3 Å². The first-order valence-corrected chi connectivity index (χ1v) is 7.51. The second-order valence-corrected chi connectivity index (χ2v) is 5.57. The summed E-state index contributed by atoms with van der Waals surface area (Å²) in [5.41, 5.74) is 2.30. The third-order valence-corrected chi connectivity index (χ3v) is 3.95. The van der Waals surface area contributed by atoms with Gasteiger partial charge in [0.05, 0.1) is 15.7 Å². The van der Waals surface area contributed by atoms with E-state index in [0.29, 0.717) is 15.6 Å². The normalized spacial score (nSPS) is 11.0. The van der Waals surface area contributed by atoms with Crippen molar-refractivity contribution in [1.82, 2.24) is 14.8 Å². The van der Waals surface area contributed by atoms with Gasteiger partial charge in [0.25, 0.3) is 0 Å². The summed E-state index contributed by atoms with van der Waals surface area (Å²) in [4.78, 5) is 16.0. The van der Waals surface area contributed by atoms with Gasteiger partial charge in [0, 0.05) is 5.56 Å². The van der Waals surface area contributed by atoms with Crippen LogP contribution >= 0.6 is 23.2 Å². The van der Waals surface area contributed by atoms with E-state index in [-0.39, 0.29) is 5.78 Å². The summed E-state index contributed by atoms with van der Waals surface area (Å²) in [6.07, 6.45) is 6.35. The molecule has 0 amide bonds. The summed E-state index contributed by atoms with van der Waals surface area (Å²) >= 11 is 11.8. The Morgan fingerprint density at radius 3 is 2.48 bits per heavy atom. The predicted molar refractivity (Wildman–Crippen MR) is 91.2 cm³/mol. The highest BCUT2D eigenvalue weighted by molar-refractivity contribution is 6.42. The van der Waals surface area contributed by atoms with E-state index >= 15 is 0 Å². The van der Waals surface area contributed by atoms with Gasteiger partial charge in [-0.05, 0) is 42.0 Å². The van der Waals surface area contributed by atoms with Gasteiger partial charge in [-0.15, -0.1) is 0 Å². The van der Waals surface area contributed by atoms with E-state index in [1.807, 2.05) is 24.3 Å². The Morgan fingerprint density at radius 1 is 1.04 bits per heavy atom. The third-order valence-electron chi connectivity index (χ3n) is 3.21. The number of hydrogen-bond donors (Lipinski definition) is 0. The molecule has 114 valence electrons. The molecule has 0 saturated carbocycles. The van der Waals surface area contributed by atoms with Crippen LogP contribution in [0.2, 0.25) is 10.0 Å². The highest BCUT2D eigenvalue weighted by Gasteiger charge is 2.05. The number of halogens is 2. The second kappa shape index (κ2) is 6.77. The van der Waals surface area contributed by atoms with Crippen molar-refractivity contribution in [2.45, 2.75) is 0 Å². The Morgan fingerprint density at radius 2 is 1.83 bits per heavy atom. The van der Waals surface area contributed by atoms with E-state index in [1.165, 1.54) is 12.4 Å². The molecule has 0 aliphatic carbocycles. The van der Waals surface area contributed by atoms with Crippen molar-refractivity contribution in [3.63, 3.8) is 0 Å². The number of aromatic nitrogens is 3. The van der Waals surface area contributed by atoms with Crippen LogP contribution in [0.3, 0.4) is 0 Å². The van der Waals surface area contributed by atoms with Crippen molar-refractivity contribution in [2.75, 3.05) is 0 Å². The minimum atomic E-state index is -0.135. The van der Waals surface area contributed by atoms with E-state index in [9.17, 15) is 4.79 Å². The molecule has 0 bridgehead atoms. The number of benzene rings is 2. The summed E-state index contributed by atoms with van der Waals surface area (Å²) < 4.78 is 1.66. The molecule has 4 nitrogen and oxygen atoms in total. The quantitative estimate of drug-likeness (QED) is 0.518. The van der Waals surface area contributed by atoms with Crippen molar-refractivity contribution in [2.24, 2.45) is 0 Å². The minimum absolute atomic E-state index is 0.135. The predicted octanol–water partition coefficient (Wildman–Crippen LogP) is 4.47. The molecular formula is C17H11Cl2N3O. The zero-order chi connectivity index (χ0) is 16.2. The van der Waals surface area contributed by atoms with Crippen LogP contribution in [0, 0.1) is 0 Å². The first kappa shape index (κ1) is 15.5. The van der Waals surface area contributed by atoms with Crippen LogP contribution in [0.4, 0.5) is 0 Å². The van der Waals surface area contributed by atoms with Gasteiger partial charge in [0.2, 0.25) is 0 Å². The topological polar surface area (TPSA) is 47.8 Å². The van der Waals surface area contributed by atoms with E-state index < -0.39 is 0 Å². The molecule has 0 N–H and O–H groups in total. The molecule has 0 radical (unpaired) electrons. The minimum Gasteiger partial charge on any atom is -0.289 e. The number of carbonyl (C=O) groups is 1. The molecule has 0 saturated heterocycles. The molecule has 0 fully saturated rings. The maximum Gasteiger partial charge on any atom is 0.185 e. The van der Waals surface area contributed by atoms with Gasteiger partial charge < -0.3 is 0 Å². The fourth-order valence-corrected chi connectivity index (χ4v) is 2.30. The lowest BCUT2D eigenvalue weighted by molar-refractivity contribution is 0.104. The van der Waals surface area contributed by atoms with Crippen molar-refractivity contribution >= 4 is 35.1 Å². The summed E-state index contributed by atoms with van der Waals surface area (Å²) in [7, 11) is 0. The zero-order valence-corrected chi connectivity index (χ0v) is 13.4. The molecule has 0 spiro atoms. The Balaban J connectivity index is 1.74. The van der Waals surface area contributed by atoms with Crippen molar-refractivity contribution in [3.05, 3.63) is 82.4 Å². The number of nitrogens with zero attached hydrogens (tertiary/aromatic N) is 3. The van der Waals surface area contributed by atoms with Gasteiger partial charge in [-0.1, -0.05) is 41.4 Å². The van der Waals surface area contributed by atoms with Crippen LogP contribution in [-0.2, 0) is 0 Å². The molecule has 3 rings (SSSR count). The molecule has 0 aliphatic rings. The number of hydrogen-bond acceptors (Lipinski definition) is 3. The molecule has 1 aromatic heterocycles. The molecule has 2 aromatic carbocycles. The number of ketones is 1. The lowest BCUT2D eigenvalue weighted by Crippen LogP contribution is -1.95. The molecule has 0 atom stereocenters. The molecule has 1 heterocycles. The van der Waals surface area contributed by atoms with Crippen LogP contribution < -0.4 is 0 Å². The largest absolute Gasteiger partial charge is 0.289 e. The Kier molecular flexibility index (Phi) is 4.55. The van der Waals surface area contributed by atoms with Gasteiger partial charge in [0.1, 0.15) is 12.7 Å². The molecule has 6 heteroatoms. The molecule has 0 aliphatic heterocycles. The highest BCUT2D eigenvalue weighted by atomic mass is 35.5. The summed E-state index contributed by atoms with van der Waals surface area (Å²) in [6, 6.07) is 12.4. The molecule has 0 unspecified atom stereocenters. The maximum atomic E-state index is 12.1. The van der Waals surface area contributed by atoms with E-state index in [2.05, 4.69) is 10.1 Å². The van der Waals surface area contributed by atoms with Gasteiger partial charge in [0.15, 0.2) is 5.78 Å². The van der Waals surface area contributed by atoms with Crippen molar-refractivity contribution in [3.8, 4) is 5.69 Å². The van der Waals surface area contributed by atoms with Crippen LogP contribution in [-0.4, -0.2) is 20.5 Å².